The Hall–Kier alpha value is -2.83. The fraction of sp³-hybridized carbons (Fsp3) is 0.214. The van der Waals surface area contributed by atoms with Crippen molar-refractivity contribution in [3.63, 3.8) is 0 Å². The Morgan fingerprint density at radius 2 is 2.33 bits per heavy atom. The first-order valence-electron chi connectivity index (χ1n) is 6.57. The number of aliphatic imine (C=N–C) groups is 2. The minimum absolute atomic E-state index is 0.0349. The van der Waals surface area contributed by atoms with Gasteiger partial charge in [-0.05, 0) is 13.0 Å². The molecule has 3 rings (SSSR count). The Morgan fingerprint density at radius 3 is 3.14 bits per heavy atom. The van der Waals surface area contributed by atoms with Crippen LogP contribution in [-0.2, 0) is 4.79 Å². The monoisotopic (exact) mass is 285 g/mol. The van der Waals surface area contributed by atoms with Crippen LogP contribution < -0.4 is 10.6 Å². The van der Waals surface area contributed by atoms with Gasteiger partial charge in [-0.15, -0.1) is 0 Å². The smallest absolute Gasteiger partial charge is 0.350 e. The number of rotatable bonds is 3. The minimum Gasteiger partial charge on any atom is -0.477 e. The first-order valence-corrected chi connectivity index (χ1v) is 6.57. The molecule has 21 heavy (non-hydrogen) atoms. The number of fused-ring (bicyclic) bond motifs is 1. The summed E-state index contributed by atoms with van der Waals surface area (Å²) in [7, 11) is 0. The lowest BCUT2D eigenvalue weighted by Gasteiger charge is -2.15. The van der Waals surface area contributed by atoms with Crippen molar-refractivity contribution in [2.75, 3.05) is 18.4 Å². The number of amidine groups is 1. The van der Waals surface area contributed by atoms with Gasteiger partial charge in [0.25, 0.3) is 0 Å². The largest absolute Gasteiger partial charge is 0.477 e. The Morgan fingerprint density at radius 1 is 1.48 bits per heavy atom. The summed E-state index contributed by atoms with van der Waals surface area (Å²) in [5.74, 6) is 1.11. The Bertz CT molecular complexity index is 709. The van der Waals surface area contributed by atoms with Crippen molar-refractivity contribution in [1.82, 2.24) is 10.3 Å². The number of H-pyrrole nitrogens is 1. The zero-order valence-corrected chi connectivity index (χ0v) is 11.5. The molecule has 0 fully saturated rings. The number of aliphatic carboxylic acids is 1. The average Bonchev–Trinajstić information content (AvgIpc) is 2.91. The van der Waals surface area contributed by atoms with E-state index in [1.165, 1.54) is 6.92 Å². The van der Waals surface area contributed by atoms with Crippen LogP contribution in [0.2, 0.25) is 0 Å². The zero-order valence-electron chi connectivity index (χ0n) is 11.5. The maximum Gasteiger partial charge on any atom is 0.350 e. The number of hydrogen-bond donors (Lipinski definition) is 4. The molecule has 2 aliphatic heterocycles. The van der Waals surface area contributed by atoms with Gasteiger partial charge in [0, 0.05) is 23.9 Å². The molecular formula is C14H15N5O2. The molecule has 7 nitrogen and oxygen atoms in total. The van der Waals surface area contributed by atoms with Gasteiger partial charge in [0.1, 0.15) is 23.2 Å². The molecule has 3 heterocycles. The molecule has 1 aromatic rings. The van der Waals surface area contributed by atoms with E-state index < -0.39 is 5.97 Å². The van der Waals surface area contributed by atoms with Crippen molar-refractivity contribution in [3.05, 3.63) is 35.3 Å². The fourth-order valence-electron chi connectivity index (χ4n) is 2.18. The van der Waals surface area contributed by atoms with Crippen LogP contribution in [0, 0.1) is 0 Å². The van der Waals surface area contributed by atoms with E-state index in [2.05, 4.69) is 25.6 Å². The molecule has 0 saturated carbocycles. The topological polar surface area (TPSA) is 102 Å². The first-order chi connectivity index (χ1) is 10.1. The van der Waals surface area contributed by atoms with E-state index in [-0.39, 0.29) is 5.71 Å². The van der Waals surface area contributed by atoms with Gasteiger partial charge in [0.2, 0.25) is 0 Å². The third-order valence-electron chi connectivity index (χ3n) is 3.23. The van der Waals surface area contributed by atoms with E-state index in [9.17, 15) is 4.79 Å². The molecule has 108 valence electrons. The van der Waals surface area contributed by atoms with Crippen LogP contribution in [-0.4, -0.2) is 40.7 Å². The molecule has 0 aromatic carbocycles. The van der Waals surface area contributed by atoms with Crippen LogP contribution in [0.1, 0.15) is 18.1 Å². The van der Waals surface area contributed by atoms with Gasteiger partial charge >= 0.3 is 5.97 Å². The number of carbonyl (C=O) groups is 1. The van der Waals surface area contributed by atoms with Crippen molar-refractivity contribution in [2.24, 2.45) is 9.98 Å². The van der Waals surface area contributed by atoms with Gasteiger partial charge in [0.15, 0.2) is 0 Å². The molecule has 0 atom stereocenters. The second-order valence-electron chi connectivity index (χ2n) is 4.68. The molecule has 0 bridgehead atoms. The fourth-order valence-corrected chi connectivity index (χ4v) is 2.18. The quantitative estimate of drug-likeness (QED) is 0.626. The second kappa shape index (κ2) is 5.28. The zero-order chi connectivity index (χ0) is 14.8. The SMILES string of the molecule is CC(=NC1=CCN=C(c2c[nH]c3c2C=CCN3)N1)C(=O)O. The summed E-state index contributed by atoms with van der Waals surface area (Å²) in [6.45, 7) is 2.71. The van der Waals surface area contributed by atoms with Crippen molar-refractivity contribution in [1.29, 1.82) is 0 Å². The molecule has 4 N–H and O–H groups in total. The van der Waals surface area contributed by atoms with Crippen molar-refractivity contribution < 1.29 is 9.90 Å². The summed E-state index contributed by atoms with van der Waals surface area (Å²) in [6, 6.07) is 0. The molecule has 0 radical (unpaired) electrons. The Balaban J connectivity index is 1.84. The van der Waals surface area contributed by atoms with E-state index in [1.54, 1.807) is 6.08 Å². The maximum atomic E-state index is 10.8. The van der Waals surface area contributed by atoms with Gasteiger partial charge in [0.05, 0.1) is 6.54 Å². The van der Waals surface area contributed by atoms with Crippen molar-refractivity contribution in [2.45, 2.75) is 6.92 Å². The Kier molecular flexibility index (Phi) is 3.31. The number of aromatic amines is 1. The highest BCUT2D eigenvalue weighted by Gasteiger charge is 2.18. The van der Waals surface area contributed by atoms with Gasteiger partial charge < -0.3 is 20.7 Å². The number of aromatic nitrogens is 1. The number of carboxylic acid groups (broad SMARTS) is 1. The maximum absolute atomic E-state index is 10.8. The first kappa shape index (κ1) is 13.2. The van der Waals surface area contributed by atoms with Crippen molar-refractivity contribution >= 4 is 29.4 Å². The highest BCUT2D eigenvalue weighted by molar-refractivity contribution is 6.34. The molecule has 0 unspecified atom stereocenters. The average molecular weight is 285 g/mol. The second-order valence-corrected chi connectivity index (χ2v) is 4.68. The molecule has 2 aliphatic rings. The summed E-state index contributed by atoms with van der Waals surface area (Å²) in [4.78, 5) is 22.5. The van der Waals surface area contributed by atoms with Crippen LogP contribution in [0.3, 0.4) is 0 Å². The summed E-state index contributed by atoms with van der Waals surface area (Å²) in [6.07, 6.45) is 7.69. The number of anilines is 1. The van der Waals surface area contributed by atoms with Gasteiger partial charge in [-0.3, -0.25) is 4.99 Å². The summed E-state index contributed by atoms with van der Waals surface area (Å²) in [5.41, 5.74) is 2.00. The molecule has 0 aliphatic carbocycles. The molecule has 7 heteroatoms. The van der Waals surface area contributed by atoms with Crippen LogP contribution >= 0.6 is 0 Å². The molecule has 0 spiro atoms. The van der Waals surface area contributed by atoms with Gasteiger partial charge in [-0.1, -0.05) is 12.2 Å². The van der Waals surface area contributed by atoms with Crippen LogP contribution in [0.5, 0.6) is 0 Å². The number of nitrogens with one attached hydrogen (secondary N) is 3. The van der Waals surface area contributed by atoms with Crippen LogP contribution in [0.15, 0.2) is 34.2 Å². The lowest BCUT2D eigenvalue weighted by molar-refractivity contribution is -0.129. The summed E-state index contributed by atoms with van der Waals surface area (Å²) >= 11 is 0. The molecule has 0 amide bonds. The van der Waals surface area contributed by atoms with E-state index >= 15 is 0 Å². The highest BCUT2D eigenvalue weighted by Crippen LogP contribution is 2.24. The normalized spacial score (nSPS) is 17.3. The van der Waals surface area contributed by atoms with E-state index in [4.69, 9.17) is 5.11 Å². The van der Waals surface area contributed by atoms with E-state index in [0.29, 0.717) is 18.2 Å². The number of hydrogen-bond acceptors (Lipinski definition) is 5. The minimum atomic E-state index is -1.03. The third kappa shape index (κ3) is 2.58. The predicted octanol–water partition coefficient (Wildman–Crippen LogP) is 1.19. The summed E-state index contributed by atoms with van der Waals surface area (Å²) < 4.78 is 0. The van der Waals surface area contributed by atoms with E-state index in [1.807, 2.05) is 18.3 Å². The number of nitrogens with zero attached hydrogens (tertiary/aromatic N) is 2. The van der Waals surface area contributed by atoms with Crippen LogP contribution in [0.25, 0.3) is 6.08 Å². The molecular weight excluding hydrogens is 270 g/mol. The lowest BCUT2D eigenvalue weighted by Crippen LogP contribution is -2.28. The summed E-state index contributed by atoms with van der Waals surface area (Å²) in [5, 5.41) is 15.2. The number of carboxylic acids is 1. The third-order valence-corrected chi connectivity index (χ3v) is 3.23. The predicted molar refractivity (Wildman–Crippen MR) is 81.7 cm³/mol. The standard InChI is InChI=1S/C14H15N5O2/c1-8(14(20)21)18-11-4-6-16-13(19-11)10-7-17-12-9(10)3-2-5-15-12/h2-4,7,15,17H,5-6H2,1H3,(H,16,19)(H,20,21). The van der Waals surface area contributed by atoms with E-state index in [0.717, 1.165) is 23.5 Å². The van der Waals surface area contributed by atoms with Crippen LogP contribution in [0.4, 0.5) is 5.82 Å². The molecule has 1 aromatic heterocycles. The highest BCUT2D eigenvalue weighted by atomic mass is 16.4. The van der Waals surface area contributed by atoms with Gasteiger partial charge in [-0.2, -0.15) is 0 Å². The Labute approximate surface area is 121 Å². The van der Waals surface area contributed by atoms with Crippen molar-refractivity contribution in [3.8, 4) is 0 Å². The lowest BCUT2D eigenvalue weighted by atomic mass is 10.1. The van der Waals surface area contributed by atoms with Gasteiger partial charge in [-0.25, -0.2) is 9.79 Å². The molecule has 0 saturated heterocycles.